The molecule has 46 valence electrons. The molecule has 1 aromatic rings. The topological polar surface area (TPSA) is 54.5 Å². The molecule has 0 aliphatic heterocycles. The van der Waals surface area contributed by atoms with E-state index in [1.54, 1.807) is 17.2 Å². The molecule has 0 saturated heterocycles. The molecular formula is C5H6N4. The van der Waals surface area contributed by atoms with Crippen molar-refractivity contribution in [2.24, 2.45) is 0 Å². The zero-order valence-electron chi connectivity index (χ0n) is 4.86. The molecular weight excluding hydrogens is 116 g/mol. The summed E-state index contributed by atoms with van der Waals surface area (Å²) in [6.45, 7) is 0.684. The minimum absolute atomic E-state index is 0.512. The van der Waals surface area contributed by atoms with Gasteiger partial charge in [0.1, 0.15) is 12.7 Å². The van der Waals surface area contributed by atoms with E-state index in [4.69, 9.17) is 5.26 Å². The van der Waals surface area contributed by atoms with Crippen LogP contribution in [0.3, 0.4) is 0 Å². The highest BCUT2D eigenvalue weighted by molar-refractivity contribution is 4.70. The second kappa shape index (κ2) is 2.82. The Hall–Kier alpha value is -1.37. The Balaban J connectivity index is 2.41. The summed E-state index contributed by atoms with van der Waals surface area (Å²) < 4.78 is 1.77. The summed E-state index contributed by atoms with van der Waals surface area (Å²) in [7, 11) is 0. The second-order valence-corrected chi connectivity index (χ2v) is 1.61. The molecule has 0 aromatic carbocycles. The molecule has 1 heterocycles. The monoisotopic (exact) mass is 122 g/mol. The summed E-state index contributed by atoms with van der Waals surface area (Å²) in [5, 5.41) is 15.3. The first-order valence-electron chi connectivity index (χ1n) is 2.63. The highest BCUT2D eigenvalue weighted by atomic mass is 15.2. The summed E-state index contributed by atoms with van der Waals surface area (Å²) in [5.41, 5.74) is 0. The maximum Gasteiger partial charge on any atom is 0.119 e. The standard InChI is InChI=1S/C5H6N4/c6-2-1-3-9-4-7-8-5-9/h4-5H,1,3H2. The largest absolute Gasteiger partial charge is 0.319 e. The fraction of sp³-hybridized carbons (Fsp3) is 0.400. The lowest BCUT2D eigenvalue weighted by atomic mass is 10.5. The number of hydrogen-bond acceptors (Lipinski definition) is 3. The number of nitriles is 1. The highest BCUT2D eigenvalue weighted by Crippen LogP contribution is 1.84. The van der Waals surface area contributed by atoms with Gasteiger partial charge in [0.15, 0.2) is 0 Å². The van der Waals surface area contributed by atoms with Crippen LogP contribution in [-0.4, -0.2) is 14.8 Å². The van der Waals surface area contributed by atoms with Gasteiger partial charge < -0.3 is 4.57 Å². The van der Waals surface area contributed by atoms with E-state index < -0.39 is 0 Å². The molecule has 0 atom stereocenters. The molecule has 0 bridgehead atoms. The van der Waals surface area contributed by atoms with Crippen molar-refractivity contribution < 1.29 is 0 Å². The summed E-state index contributed by atoms with van der Waals surface area (Å²) in [4.78, 5) is 0. The molecule has 0 aliphatic carbocycles. The van der Waals surface area contributed by atoms with E-state index in [0.717, 1.165) is 0 Å². The van der Waals surface area contributed by atoms with Crippen molar-refractivity contribution in [3.63, 3.8) is 0 Å². The molecule has 0 saturated carbocycles. The van der Waals surface area contributed by atoms with Crippen LogP contribution >= 0.6 is 0 Å². The van der Waals surface area contributed by atoms with Gasteiger partial charge in [-0.2, -0.15) is 5.26 Å². The summed E-state index contributed by atoms with van der Waals surface area (Å²) in [6, 6.07) is 2.03. The summed E-state index contributed by atoms with van der Waals surface area (Å²) in [5.74, 6) is 0. The van der Waals surface area contributed by atoms with Crippen LogP contribution in [0.1, 0.15) is 6.42 Å². The van der Waals surface area contributed by atoms with Gasteiger partial charge in [-0.3, -0.25) is 0 Å². The lowest BCUT2D eigenvalue weighted by Gasteiger charge is -1.90. The SMILES string of the molecule is N#CCCn1cnnc1. The van der Waals surface area contributed by atoms with Gasteiger partial charge >= 0.3 is 0 Å². The van der Waals surface area contributed by atoms with Gasteiger partial charge in [-0.15, -0.1) is 10.2 Å². The molecule has 0 fully saturated rings. The number of aryl methyl sites for hydroxylation is 1. The third-order valence-corrected chi connectivity index (χ3v) is 0.948. The number of aromatic nitrogens is 3. The normalized spacial score (nSPS) is 8.78. The first-order chi connectivity index (χ1) is 4.43. The van der Waals surface area contributed by atoms with Crippen molar-refractivity contribution in [2.75, 3.05) is 0 Å². The number of hydrogen-bond donors (Lipinski definition) is 0. The molecule has 0 N–H and O–H groups in total. The maximum absolute atomic E-state index is 8.16. The third kappa shape index (κ3) is 1.53. The van der Waals surface area contributed by atoms with Crippen molar-refractivity contribution in [1.82, 2.24) is 14.8 Å². The zero-order valence-corrected chi connectivity index (χ0v) is 4.86. The molecule has 0 spiro atoms. The van der Waals surface area contributed by atoms with Gasteiger partial charge in [-0.25, -0.2) is 0 Å². The fourth-order valence-electron chi connectivity index (χ4n) is 0.517. The van der Waals surface area contributed by atoms with Crippen LogP contribution < -0.4 is 0 Å². The molecule has 4 heteroatoms. The lowest BCUT2D eigenvalue weighted by molar-refractivity contribution is 0.712. The Bertz CT molecular complexity index is 195. The molecule has 0 amide bonds. The Labute approximate surface area is 52.7 Å². The molecule has 1 aromatic heterocycles. The van der Waals surface area contributed by atoms with Crippen LogP contribution in [-0.2, 0) is 6.54 Å². The zero-order chi connectivity index (χ0) is 6.53. The van der Waals surface area contributed by atoms with Crippen molar-refractivity contribution in [2.45, 2.75) is 13.0 Å². The van der Waals surface area contributed by atoms with Gasteiger partial charge in [-0.1, -0.05) is 0 Å². The van der Waals surface area contributed by atoms with Crippen LogP contribution in [0.15, 0.2) is 12.7 Å². The predicted octanol–water partition coefficient (Wildman–Crippen LogP) is 0.192. The summed E-state index contributed by atoms with van der Waals surface area (Å²) >= 11 is 0. The first kappa shape index (κ1) is 5.76. The summed E-state index contributed by atoms with van der Waals surface area (Å²) in [6.07, 6.45) is 3.70. The molecule has 9 heavy (non-hydrogen) atoms. The Morgan fingerprint density at radius 1 is 1.44 bits per heavy atom. The minimum Gasteiger partial charge on any atom is -0.319 e. The van der Waals surface area contributed by atoms with E-state index in [9.17, 15) is 0 Å². The van der Waals surface area contributed by atoms with Crippen LogP contribution in [0.25, 0.3) is 0 Å². The lowest BCUT2D eigenvalue weighted by Crippen LogP contribution is -1.91. The molecule has 0 unspecified atom stereocenters. The smallest absolute Gasteiger partial charge is 0.119 e. The van der Waals surface area contributed by atoms with Crippen LogP contribution in [0.2, 0.25) is 0 Å². The first-order valence-corrected chi connectivity index (χ1v) is 2.63. The maximum atomic E-state index is 8.16. The number of rotatable bonds is 2. The van der Waals surface area contributed by atoms with E-state index in [-0.39, 0.29) is 0 Å². The Kier molecular flexibility index (Phi) is 1.81. The molecule has 0 aliphatic rings. The van der Waals surface area contributed by atoms with Crippen LogP contribution in [0, 0.1) is 11.3 Å². The van der Waals surface area contributed by atoms with Gasteiger partial charge in [0.2, 0.25) is 0 Å². The third-order valence-electron chi connectivity index (χ3n) is 0.948. The Morgan fingerprint density at radius 3 is 2.67 bits per heavy atom. The molecule has 1 rings (SSSR count). The van der Waals surface area contributed by atoms with Crippen molar-refractivity contribution in [3.05, 3.63) is 12.7 Å². The van der Waals surface area contributed by atoms with Crippen LogP contribution in [0.5, 0.6) is 0 Å². The quantitative estimate of drug-likeness (QED) is 0.562. The van der Waals surface area contributed by atoms with Gasteiger partial charge in [0.05, 0.1) is 12.5 Å². The van der Waals surface area contributed by atoms with E-state index in [1.165, 1.54) is 0 Å². The second-order valence-electron chi connectivity index (χ2n) is 1.61. The van der Waals surface area contributed by atoms with Crippen molar-refractivity contribution in [1.29, 1.82) is 5.26 Å². The average Bonchev–Trinajstić information content (AvgIpc) is 2.34. The molecule has 4 nitrogen and oxygen atoms in total. The predicted molar refractivity (Wildman–Crippen MR) is 30.3 cm³/mol. The fourth-order valence-corrected chi connectivity index (χ4v) is 0.517. The van der Waals surface area contributed by atoms with Crippen molar-refractivity contribution >= 4 is 0 Å². The van der Waals surface area contributed by atoms with E-state index in [2.05, 4.69) is 10.2 Å². The number of nitrogens with zero attached hydrogens (tertiary/aromatic N) is 4. The van der Waals surface area contributed by atoms with E-state index in [0.29, 0.717) is 13.0 Å². The van der Waals surface area contributed by atoms with Crippen LogP contribution in [0.4, 0.5) is 0 Å². The van der Waals surface area contributed by atoms with Gasteiger partial charge in [0, 0.05) is 6.54 Å². The van der Waals surface area contributed by atoms with E-state index in [1.807, 2.05) is 6.07 Å². The van der Waals surface area contributed by atoms with Gasteiger partial charge in [-0.05, 0) is 0 Å². The minimum atomic E-state index is 0.512. The Morgan fingerprint density at radius 2 is 2.11 bits per heavy atom. The highest BCUT2D eigenvalue weighted by Gasteiger charge is 1.86. The average molecular weight is 122 g/mol. The van der Waals surface area contributed by atoms with E-state index >= 15 is 0 Å². The van der Waals surface area contributed by atoms with Crippen molar-refractivity contribution in [3.8, 4) is 6.07 Å². The molecule has 0 radical (unpaired) electrons. The van der Waals surface area contributed by atoms with Gasteiger partial charge in [0.25, 0.3) is 0 Å².